The van der Waals surface area contributed by atoms with Crippen LogP contribution < -0.4 is 16.0 Å². The van der Waals surface area contributed by atoms with Crippen LogP contribution in [0, 0.1) is 0 Å². The highest BCUT2D eigenvalue weighted by Crippen LogP contribution is 1.85. The van der Waals surface area contributed by atoms with E-state index in [2.05, 4.69) is 16.0 Å². The van der Waals surface area contributed by atoms with Gasteiger partial charge in [0.1, 0.15) is 0 Å². The second-order valence-electron chi connectivity index (χ2n) is 3.85. The third-order valence-corrected chi connectivity index (χ3v) is 1.70. The predicted molar refractivity (Wildman–Crippen MR) is 61.5 cm³/mol. The second-order valence-corrected chi connectivity index (χ2v) is 3.85. The van der Waals surface area contributed by atoms with Crippen LogP contribution in [0.5, 0.6) is 0 Å². The van der Waals surface area contributed by atoms with Crippen LogP contribution in [0.1, 0.15) is 26.7 Å². The first kappa shape index (κ1) is 15.4. The lowest BCUT2D eigenvalue weighted by molar-refractivity contribution is -0.137. The maximum atomic E-state index is 11.2. The molecule has 0 atom stereocenters. The molecule has 7 nitrogen and oxygen atoms in total. The normalized spacial score (nSPS) is 10.1. The van der Waals surface area contributed by atoms with E-state index in [1.54, 1.807) is 13.8 Å². The Kier molecular flexibility index (Phi) is 7.70. The predicted octanol–water partition coefficient (Wildman–Crippen LogP) is -0.325. The number of urea groups is 1. The number of amides is 3. The molecule has 0 heterocycles. The van der Waals surface area contributed by atoms with E-state index >= 15 is 0 Å². The molecule has 3 amide bonds. The van der Waals surface area contributed by atoms with Crippen molar-refractivity contribution in [1.29, 1.82) is 0 Å². The molecular weight excluding hydrogens is 226 g/mol. The van der Waals surface area contributed by atoms with Crippen LogP contribution in [-0.4, -0.2) is 42.1 Å². The van der Waals surface area contributed by atoms with Crippen LogP contribution in [0.3, 0.4) is 0 Å². The molecule has 98 valence electrons. The summed E-state index contributed by atoms with van der Waals surface area (Å²) in [5.41, 5.74) is 0. The van der Waals surface area contributed by atoms with Gasteiger partial charge in [-0.3, -0.25) is 14.9 Å². The third-order valence-electron chi connectivity index (χ3n) is 1.70. The van der Waals surface area contributed by atoms with E-state index in [1.165, 1.54) is 0 Å². The largest absolute Gasteiger partial charge is 0.481 e. The fourth-order valence-electron chi connectivity index (χ4n) is 1.04. The number of carbonyl (C=O) groups excluding carboxylic acids is 2. The van der Waals surface area contributed by atoms with Crippen molar-refractivity contribution in [3.8, 4) is 0 Å². The Hall–Kier alpha value is -1.63. The van der Waals surface area contributed by atoms with Gasteiger partial charge in [0, 0.05) is 12.5 Å². The lowest BCUT2D eigenvalue weighted by Gasteiger charge is -2.09. The average molecular weight is 245 g/mol. The van der Waals surface area contributed by atoms with Crippen molar-refractivity contribution >= 4 is 17.9 Å². The van der Waals surface area contributed by atoms with Crippen molar-refractivity contribution in [2.45, 2.75) is 32.7 Å². The summed E-state index contributed by atoms with van der Waals surface area (Å²) in [7, 11) is 0. The molecule has 7 heteroatoms. The van der Waals surface area contributed by atoms with E-state index in [0.717, 1.165) is 0 Å². The van der Waals surface area contributed by atoms with Crippen molar-refractivity contribution in [2.75, 3.05) is 13.1 Å². The summed E-state index contributed by atoms with van der Waals surface area (Å²) in [5.74, 6) is -1.31. The summed E-state index contributed by atoms with van der Waals surface area (Å²) < 4.78 is 0. The molecule has 0 saturated heterocycles. The van der Waals surface area contributed by atoms with Crippen LogP contribution in [0.2, 0.25) is 0 Å². The SMILES string of the molecule is CC(C)NC(=O)NC(=O)CNCCCC(=O)O. The number of carbonyl (C=O) groups is 3. The van der Waals surface area contributed by atoms with Crippen molar-refractivity contribution < 1.29 is 19.5 Å². The van der Waals surface area contributed by atoms with Crippen molar-refractivity contribution in [3.05, 3.63) is 0 Å². The van der Waals surface area contributed by atoms with Crippen LogP contribution >= 0.6 is 0 Å². The van der Waals surface area contributed by atoms with E-state index in [4.69, 9.17) is 5.11 Å². The Morgan fingerprint density at radius 3 is 2.41 bits per heavy atom. The van der Waals surface area contributed by atoms with E-state index in [1.807, 2.05) is 0 Å². The van der Waals surface area contributed by atoms with E-state index in [0.29, 0.717) is 13.0 Å². The smallest absolute Gasteiger partial charge is 0.321 e. The zero-order valence-corrected chi connectivity index (χ0v) is 10.1. The van der Waals surface area contributed by atoms with Gasteiger partial charge in [-0.2, -0.15) is 0 Å². The Balaban J connectivity index is 3.53. The van der Waals surface area contributed by atoms with E-state index in [-0.39, 0.29) is 19.0 Å². The molecule has 4 N–H and O–H groups in total. The zero-order chi connectivity index (χ0) is 13.3. The first-order chi connectivity index (χ1) is 7.91. The molecule has 0 spiro atoms. The standard InChI is InChI=1S/C10H19N3O4/c1-7(2)12-10(17)13-8(14)6-11-5-3-4-9(15)16/h7,11H,3-6H2,1-2H3,(H,15,16)(H2,12,13,14,17). The molecule has 0 rings (SSSR count). The van der Waals surface area contributed by atoms with Gasteiger partial charge in [0.2, 0.25) is 5.91 Å². The minimum atomic E-state index is -0.868. The van der Waals surface area contributed by atoms with Crippen molar-refractivity contribution in [1.82, 2.24) is 16.0 Å². The fourth-order valence-corrected chi connectivity index (χ4v) is 1.04. The number of carboxylic acid groups (broad SMARTS) is 1. The molecule has 0 aliphatic rings. The number of hydrogen-bond acceptors (Lipinski definition) is 4. The maximum absolute atomic E-state index is 11.2. The number of nitrogens with one attached hydrogen (secondary N) is 3. The Morgan fingerprint density at radius 2 is 1.88 bits per heavy atom. The van der Waals surface area contributed by atoms with E-state index in [9.17, 15) is 14.4 Å². The average Bonchev–Trinajstić information content (AvgIpc) is 2.14. The third kappa shape index (κ3) is 10.6. The lowest BCUT2D eigenvalue weighted by Crippen LogP contribution is -2.45. The topological polar surface area (TPSA) is 108 Å². The van der Waals surface area contributed by atoms with Crippen LogP contribution in [0.15, 0.2) is 0 Å². The first-order valence-corrected chi connectivity index (χ1v) is 5.44. The second kappa shape index (κ2) is 8.51. The minimum Gasteiger partial charge on any atom is -0.481 e. The van der Waals surface area contributed by atoms with Gasteiger partial charge >= 0.3 is 12.0 Å². The first-order valence-electron chi connectivity index (χ1n) is 5.44. The molecule has 0 radical (unpaired) electrons. The molecule has 0 aromatic carbocycles. The summed E-state index contributed by atoms with van der Waals surface area (Å²) in [6, 6.07) is -0.566. The molecule has 0 aromatic rings. The van der Waals surface area contributed by atoms with Gasteiger partial charge in [0.15, 0.2) is 0 Å². The Labute approximate surface area is 100.0 Å². The van der Waals surface area contributed by atoms with Gasteiger partial charge in [-0.1, -0.05) is 0 Å². The van der Waals surface area contributed by atoms with E-state index < -0.39 is 17.9 Å². The minimum absolute atomic E-state index is 0.00880. The van der Waals surface area contributed by atoms with Gasteiger partial charge in [-0.15, -0.1) is 0 Å². The summed E-state index contributed by atoms with van der Waals surface area (Å²) in [5, 5.41) is 15.8. The molecule has 0 aliphatic carbocycles. The zero-order valence-electron chi connectivity index (χ0n) is 10.1. The van der Waals surface area contributed by atoms with Crippen LogP contribution in [0.4, 0.5) is 4.79 Å². The van der Waals surface area contributed by atoms with Gasteiger partial charge < -0.3 is 15.7 Å². The monoisotopic (exact) mass is 245 g/mol. The quantitative estimate of drug-likeness (QED) is 0.460. The molecular formula is C10H19N3O4. The lowest BCUT2D eigenvalue weighted by atomic mass is 10.3. The molecule has 0 saturated carbocycles. The van der Waals surface area contributed by atoms with Crippen molar-refractivity contribution in [3.63, 3.8) is 0 Å². The number of hydrogen-bond donors (Lipinski definition) is 4. The summed E-state index contributed by atoms with van der Waals surface area (Å²) >= 11 is 0. The molecule has 0 aromatic heterocycles. The highest BCUT2D eigenvalue weighted by atomic mass is 16.4. The molecule has 0 fully saturated rings. The molecule has 0 unspecified atom stereocenters. The highest BCUT2D eigenvalue weighted by Gasteiger charge is 2.07. The molecule has 0 bridgehead atoms. The van der Waals surface area contributed by atoms with Crippen molar-refractivity contribution in [2.24, 2.45) is 0 Å². The maximum Gasteiger partial charge on any atom is 0.321 e. The Morgan fingerprint density at radius 1 is 1.24 bits per heavy atom. The summed E-state index contributed by atoms with van der Waals surface area (Å²) in [6.45, 7) is 3.99. The van der Waals surface area contributed by atoms with Gasteiger partial charge in [-0.25, -0.2) is 4.79 Å². The van der Waals surface area contributed by atoms with Crippen LogP contribution in [-0.2, 0) is 9.59 Å². The molecule has 17 heavy (non-hydrogen) atoms. The number of carboxylic acids is 1. The highest BCUT2D eigenvalue weighted by molar-refractivity contribution is 5.95. The fraction of sp³-hybridized carbons (Fsp3) is 0.700. The number of imide groups is 1. The Bertz CT molecular complexity index is 279. The number of rotatable bonds is 7. The summed E-state index contributed by atoms with van der Waals surface area (Å²) in [6.07, 6.45) is 0.503. The van der Waals surface area contributed by atoms with Gasteiger partial charge in [-0.05, 0) is 26.8 Å². The van der Waals surface area contributed by atoms with Gasteiger partial charge in [0.25, 0.3) is 0 Å². The van der Waals surface area contributed by atoms with Crippen LogP contribution in [0.25, 0.3) is 0 Å². The number of aliphatic carboxylic acids is 1. The molecule has 0 aliphatic heterocycles. The van der Waals surface area contributed by atoms with Gasteiger partial charge in [0.05, 0.1) is 6.54 Å². The summed E-state index contributed by atoms with van der Waals surface area (Å²) in [4.78, 5) is 32.5.